The Labute approximate surface area is 176 Å². The number of hydrogen-bond donors (Lipinski definition) is 2. The van der Waals surface area contributed by atoms with Crippen LogP contribution < -0.4 is 5.01 Å². The minimum Gasteiger partial charge on any atom is -0.478 e. The molecule has 154 valence electrons. The standard InChI is InChI=1S/C23H16N2O6/c1-13-19(21(26)25(24-13)17-4-2-3-16(11-17)23(29)30)12-18-9-10-20(31-18)14-5-7-15(8-6-14)22(27)28/h2-12H,1H3,(H,27,28)(H,29,30). The number of carbonyl (C=O) groups excluding carboxylic acids is 1. The Kier molecular flexibility index (Phi) is 4.96. The number of hydrogen-bond acceptors (Lipinski definition) is 5. The van der Waals surface area contributed by atoms with Crippen LogP contribution in [0.25, 0.3) is 17.4 Å². The van der Waals surface area contributed by atoms with Crippen molar-refractivity contribution in [1.82, 2.24) is 0 Å². The van der Waals surface area contributed by atoms with E-state index in [-0.39, 0.29) is 11.1 Å². The third kappa shape index (κ3) is 3.86. The lowest BCUT2D eigenvalue weighted by atomic mass is 10.1. The van der Waals surface area contributed by atoms with Crippen LogP contribution in [0.5, 0.6) is 0 Å². The highest BCUT2D eigenvalue weighted by Crippen LogP contribution is 2.28. The molecule has 0 saturated carbocycles. The summed E-state index contributed by atoms with van der Waals surface area (Å²) in [7, 11) is 0. The third-order valence-corrected chi connectivity index (χ3v) is 4.73. The first-order chi connectivity index (χ1) is 14.8. The van der Waals surface area contributed by atoms with Gasteiger partial charge in [-0.15, -0.1) is 0 Å². The molecule has 1 amide bonds. The Hall–Kier alpha value is -4.46. The molecule has 0 spiro atoms. The van der Waals surface area contributed by atoms with E-state index in [1.807, 2.05) is 0 Å². The lowest BCUT2D eigenvalue weighted by Gasteiger charge is -2.12. The zero-order chi connectivity index (χ0) is 22.1. The minimum absolute atomic E-state index is 0.0557. The molecule has 4 rings (SSSR count). The summed E-state index contributed by atoms with van der Waals surface area (Å²) in [6.45, 7) is 1.68. The van der Waals surface area contributed by atoms with Crippen molar-refractivity contribution < 1.29 is 29.0 Å². The maximum Gasteiger partial charge on any atom is 0.335 e. The molecule has 0 aliphatic carbocycles. The summed E-state index contributed by atoms with van der Waals surface area (Å²) >= 11 is 0. The van der Waals surface area contributed by atoms with Gasteiger partial charge in [0.2, 0.25) is 0 Å². The summed E-state index contributed by atoms with van der Waals surface area (Å²) in [4.78, 5) is 35.1. The second-order valence-electron chi connectivity index (χ2n) is 6.80. The lowest BCUT2D eigenvalue weighted by Crippen LogP contribution is -2.21. The maximum atomic E-state index is 12.9. The van der Waals surface area contributed by atoms with Crippen LogP contribution in [-0.2, 0) is 4.79 Å². The molecule has 0 fully saturated rings. The fraction of sp³-hybridized carbons (Fsp3) is 0.0435. The van der Waals surface area contributed by atoms with Crippen LogP contribution in [0, 0.1) is 0 Å². The summed E-state index contributed by atoms with van der Waals surface area (Å²) in [5.41, 5.74) is 2.07. The van der Waals surface area contributed by atoms with E-state index in [9.17, 15) is 14.4 Å². The van der Waals surface area contributed by atoms with Gasteiger partial charge in [-0.3, -0.25) is 4.79 Å². The predicted molar refractivity (Wildman–Crippen MR) is 113 cm³/mol. The molecule has 1 aromatic heterocycles. The van der Waals surface area contributed by atoms with Crippen molar-refractivity contribution in [3.05, 3.63) is 83.1 Å². The van der Waals surface area contributed by atoms with Gasteiger partial charge < -0.3 is 14.6 Å². The number of carboxylic acids is 2. The number of furan rings is 1. The van der Waals surface area contributed by atoms with Crippen molar-refractivity contribution in [3.8, 4) is 11.3 Å². The average molecular weight is 416 g/mol. The van der Waals surface area contributed by atoms with E-state index in [0.717, 1.165) is 5.01 Å². The number of rotatable bonds is 5. The first kappa shape index (κ1) is 19.8. The van der Waals surface area contributed by atoms with Gasteiger partial charge in [-0.2, -0.15) is 10.1 Å². The van der Waals surface area contributed by atoms with Gasteiger partial charge >= 0.3 is 11.9 Å². The van der Waals surface area contributed by atoms with Crippen LogP contribution in [-0.4, -0.2) is 33.8 Å². The molecule has 2 aromatic carbocycles. The molecule has 0 radical (unpaired) electrons. The quantitative estimate of drug-likeness (QED) is 0.603. The van der Waals surface area contributed by atoms with Crippen molar-refractivity contribution in [3.63, 3.8) is 0 Å². The predicted octanol–water partition coefficient (Wildman–Crippen LogP) is 4.15. The Morgan fingerprint density at radius 2 is 1.68 bits per heavy atom. The summed E-state index contributed by atoms with van der Waals surface area (Å²) in [5.74, 6) is -1.55. The van der Waals surface area contributed by atoms with Crippen LogP contribution in [0.4, 0.5) is 5.69 Å². The minimum atomic E-state index is -1.09. The molecule has 2 heterocycles. The highest BCUT2D eigenvalue weighted by Gasteiger charge is 2.29. The first-order valence-corrected chi connectivity index (χ1v) is 9.22. The fourth-order valence-corrected chi connectivity index (χ4v) is 3.13. The van der Waals surface area contributed by atoms with Crippen molar-refractivity contribution in [2.75, 3.05) is 5.01 Å². The van der Waals surface area contributed by atoms with Gasteiger partial charge in [0.1, 0.15) is 11.5 Å². The van der Waals surface area contributed by atoms with E-state index < -0.39 is 17.8 Å². The van der Waals surface area contributed by atoms with Gasteiger partial charge in [-0.1, -0.05) is 18.2 Å². The third-order valence-electron chi connectivity index (χ3n) is 4.73. The van der Waals surface area contributed by atoms with Crippen LogP contribution in [0.3, 0.4) is 0 Å². The molecule has 3 aromatic rings. The van der Waals surface area contributed by atoms with Gasteiger partial charge in [-0.25, -0.2) is 9.59 Å². The van der Waals surface area contributed by atoms with Crippen LogP contribution in [0.1, 0.15) is 33.4 Å². The van der Waals surface area contributed by atoms with E-state index in [2.05, 4.69) is 5.10 Å². The topological polar surface area (TPSA) is 120 Å². The van der Waals surface area contributed by atoms with Gasteiger partial charge in [0, 0.05) is 5.56 Å². The second kappa shape index (κ2) is 7.75. The number of aromatic carboxylic acids is 2. The molecule has 0 saturated heterocycles. The zero-order valence-electron chi connectivity index (χ0n) is 16.3. The largest absolute Gasteiger partial charge is 0.478 e. The zero-order valence-corrected chi connectivity index (χ0v) is 16.3. The fourth-order valence-electron chi connectivity index (χ4n) is 3.13. The molecule has 1 aliphatic rings. The Bertz CT molecular complexity index is 1270. The van der Waals surface area contributed by atoms with Crippen molar-refractivity contribution >= 4 is 35.3 Å². The number of nitrogens with zero attached hydrogens (tertiary/aromatic N) is 2. The summed E-state index contributed by atoms with van der Waals surface area (Å²) in [5, 5.41) is 23.6. The Balaban J connectivity index is 1.59. The first-order valence-electron chi connectivity index (χ1n) is 9.22. The van der Waals surface area contributed by atoms with E-state index in [1.165, 1.54) is 24.3 Å². The molecule has 31 heavy (non-hydrogen) atoms. The normalized spacial score (nSPS) is 14.7. The Morgan fingerprint density at radius 1 is 0.968 bits per heavy atom. The van der Waals surface area contributed by atoms with Crippen molar-refractivity contribution in [2.45, 2.75) is 6.92 Å². The van der Waals surface area contributed by atoms with Crippen molar-refractivity contribution in [2.24, 2.45) is 5.10 Å². The molecule has 8 nitrogen and oxygen atoms in total. The van der Waals surface area contributed by atoms with Gasteiger partial charge in [-0.05, 0) is 55.5 Å². The molecule has 0 unspecified atom stereocenters. The summed E-state index contributed by atoms with van der Waals surface area (Å²) < 4.78 is 5.79. The number of amides is 1. The highest BCUT2D eigenvalue weighted by molar-refractivity contribution is 6.32. The molecule has 2 N–H and O–H groups in total. The summed E-state index contributed by atoms with van der Waals surface area (Å²) in [6.07, 6.45) is 1.57. The molecule has 8 heteroatoms. The number of anilines is 1. The highest BCUT2D eigenvalue weighted by atomic mass is 16.4. The van der Waals surface area contributed by atoms with E-state index >= 15 is 0 Å². The van der Waals surface area contributed by atoms with Crippen molar-refractivity contribution in [1.29, 1.82) is 0 Å². The molecular formula is C23H16N2O6. The summed E-state index contributed by atoms with van der Waals surface area (Å²) in [6, 6.07) is 15.6. The van der Waals surface area contributed by atoms with Crippen LogP contribution in [0.2, 0.25) is 0 Å². The van der Waals surface area contributed by atoms with Gasteiger partial charge in [0.25, 0.3) is 5.91 Å². The van der Waals surface area contributed by atoms with Crippen LogP contribution >= 0.6 is 0 Å². The average Bonchev–Trinajstić information content (AvgIpc) is 3.34. The monoisotopic (exact) mass is 416 g/mol. The maximum absolute atomic E-state index is 12.9. The van der Waals surface area contributed by atoms with Gasteiger partial charge in [0.15, 0.2) is 0 Å². The molecule has 0 atom stereocenters. The molecule has 0 bridgehead atoms. The van der Waals surface area contributed by atoms with E-state index in [0.29, 0.717) is 34.1 Å². The molecule has 1 aliphatic heterocycles. The number of carboxylic acid groups (broad SMARTS) is 2. The van der Waals surface area contributed by atoms with E-state index in [1.54, 1.807) is 49.4 Å². The van der Waals surface area contributed by atoms with Crippen LogP contribution in [0.15, 0.2) is 75.8 Å². The molecular weight excluding hydrogens is 400 g/mol. The number of hydrazone groups is 1. The second-order valence-corrected chi connectivity index (χ2v) is 6.80. The lowest BCUT2D eigenvalue weighted by molar-refractivity contribution is -0.114. The van der Waals surface area contributed by atoms with Gasteiger partial charge in [0.05, 0.1) is 28.1 Å². The smallest absolute Gasteiger partial charge is 0.335 e. The van der Waals surface area contributed by atoms with E-state index in [4.69, 9.17) is 14.6 Å². The number of benzene rings is 2. The SMILES string of the molecule is CC1=NN(c2cccc(C(=O)O)c2)C(=O)C1=Cc1ccc(-c2ccc(C(=O)O)cc2)o1. The number of carbonyl (C=O) groups is 3. The Morgan fingerprint density at radius 3 is 2.35 bits per heavy atom.